The van der Waals surface area contributed by atoms with Gasteiger partial charge < -0.3 is 10.3 Å². The Morgan fingerprint density at radius 3 is 2.84 bits per heavy atom. The number of rotatable bonds is 5. The SMILES string of the molecule is Cn1c(CCCN2CCc3ccccc3C2)nc2c(N)nc3cc(-n4cccn4)sc3c21. The molecule has 2 N–H and O–H groups in total. The second-order valence-corrected chi connectivity index (χ2v) is 9.46. The molecule has 0 saturated heterocycles. The van der Waals surface area contributed by atoms with Gasteiger partial charge in [0.15, 0.2) is 5.82 Å². The molecule has 0 bridgehead atoms. The van der Waals surface area contributed by atoms with Crippen molar-refractivity contribution in [3.8, 4) is 5.00 Å². The van der Waals surface area contributed by atoms with Gasteiger partial charge in [-0.25, -0.2) is 14.6 Å². The Labute approximate surface area is 190 Å². The van der Waals surface area contributed by atoms with Crippen molar-refractivity contribution in [2.45, 2.75) is 25.8 Å². The Morgan fingerprint density at radius 1 is 1.12 bits per heavy atom. The molecule has 0 unspecified atom stereocenters. The lowest BCUT2D eigenvalue weighted by Gasteiger charge is -2.28. The number of pyridine rings is 1. The van der Waals surface area contributed by atoms with Crippen LogP contribution in [0.25, 0.3) is 26.3 Å². The zero-order valence-corrected chi connectivity index (χ0v) is 18.8. The molecule has 4 aromatic heterocycles. The third-order valence-corrected chi connectivity index (χ3v) is 7.52. The number of imidazole rings is 1. The van der Waals surface area contributed by atoms with Crippen molar-refractivity contribution in [2.24, 2.45) is 7.05 Å². The van der Waals surface area contributed by atoms with Crippen molar-refractivity contribution < 1.29 is 0 Å². The number of benzene rings is 1. The van der Waals surface area contributed by atoms with Crippen molar-refractivity contribution in [3.63, 3.8) is 0 Å². The average molecular weight is 444 g/mol. The van der Waals surface area contributed by atoms with Gasteiger partial charge in [-0.2, -0.15) is 5.10 Å². The largest absolute Gasteiger partial charge is 0.382 e. The number of hydrogen-bond acceptors (Lipinski definition) is 6. The first-order valence-electron chi connectivity index (χ1n) is 11.0. The average Bonchev–Trinajstić information content (AvgIpc) is 3.53. The first-order valence-corrected chi connectivity index (χ1v) is 11.8. The van der Waals surface area contributed by atoms with E-state index in [-0.39, 0.29) is 0 Å². The molecule has 7 nitrogen and oxygen atoms in total. The number of anilines is 1. The maximum Gasteiger partial charge on any atom is 0.152 e. The van der Waals surface area contributed by atoms with E-state index >= 15 is 0 Å². The van der Waals surface area contributed by atoms with Gasteiger partial charge in [-0.3, -0.25) is 4.90 Å². The van der Waals surface area contributed by atoms with Crippen LogP contribution in [0, 0.1) is 0 Å². The van der Waals surface area contributed by atoms with E-state index in [1.807, 2.05) is 23.0 Å². The minimum absolute atomic E-state index is 0.492. The minimum Gasteiger partial charge on any atom is -0.382 e. The molecular formula is C24H25N7S. The van der Waals surface area contributed by atoms with Gasteiger partial charge in [0.1, 0.15) is 16.3 Å². The molecule has 0 atom stereocenters. The molecule has 0 radical (unpaired) electrons. The third-order valence-electron chi connectivity index (χ3n) is 6.40. The van der Waals surface area contributed by atoms with Gasteiger partial charge in [-0.05, 0) is 36.6 Å². The van der Waals surface area contributed by atoms with E-state index in [0.29, 0.717) is 5.82 Å². The highest BCUT2D eigenvalue weighted by Gasteiger charge is 2.19. The van der Waals surface area contributed by atoms with Crippen molar-refractivity contribution in [2.75, 3.05) is 18.8 Å². The number of aromatic nitrogens is 5. The lowest BCUT2D eigenvalue weighted by atomic mass is 10.00. The van der Waals surface area contributed by atoms with E-state index < -0.39 is 0 Å². The molecule has 0 fully saturated rings. The molecule has 162 valence electrons. The van der Waals surface area contributed by atoms with Crippen LogP contribution in [0.15, 0.2) is 48.8 Å². The Balaban J connectivity index is 1.25. The van der Waals surface area contributed by atoms with E-state index in [0.717, 1.165) is 71.0 Å². The molecule has 0 aliphatic carbocycles. The summed E-state index contributed by atoms with van der Waals surface area (Å²) in [4.78, 5) is 12.1. The van der Waals surface area contributed by atoms with Crippen LogP contribution in [0.5, 0.6) is 0 Å². The van der Waals surface area contributed by atoms with E-state index in [1.54, 1.807) is 17.5 Å². The number of aryl methyl sites for hydroxylation is 2. The predicted molar refractivity (Wildman–Crippen MR) is 129 cm³/mol. The summed E-state index contributed by atoms with van der Waals surface area (Å²) in [7, 11) is 2.09. The van der Waals surface area contributed by atoms with E-state index in [2.05, 4.69) is 50.9 Å². The van der Waals surface area contributed by atoms with Crippen molar-refractivity contribution in [1.29, 1.82) is 0 Å². The minimum atomic E-state index is 0.492. The highest BCUT2D eigenvalue weighted by Crippen LogP contribution is 2.35. The number of fused-ring (bicyclic) bond motifs is 4. The van der Waals surface area contributed by atoms with Gasteiger partial charge in [0.05, 0.1) is 15.7 Å². The summed E-state index contributed by atoms with van der Waals surface area (Å²) < 4.78 is 5.17. The summed E-state index contributed by atoms with van der Waals surface area (Å²) >= 11 is 1.67. The Bertz CT molecular complexity index is 1410. The van der Waals surface area contributed by atoms with Crippen molar-refractivity contribution in [1.82, 2.24) is 29.2 Å². The maximum atomic E-state index is 6.31. The Kier molecular flexibility index (Phi) is 4.69. The summed E-state index contributed by atoms with van der Waals surface area (Å²) in [6.07, 6.45) is 6.85. The maximum absolute atomic E-state index is 6.31. The first-order chi connectivity index (χ1) is 15.7. The second-order valence-electron chi connectivity index (χ2n) is 8.43. The second kappa shape index (κ2) is 7.72. The topological polar surface area (TPSA) is 77.8 Å². The summed E-state index contributed by atoms with van der Waals surface area (Å²) in [6.45, 7) is 3.24. The number of thiophene rings is 1. The normalized spacial score (nSPS) is 14.4. The van der Waals surface area contributed by atoms with Crippen LogP contribution in [0.2, 0.25) is 0 Å². The third kappa shape index (κ3) is 3.27. The van der Waals surface area contributed by atoms with Crippen LogP contribution >= 0.6 is 11.3 Å². The summed E-state index contributed by atoms with van der Waals surface area (Å²) in [5.74, 6) is 1.55. The molecular weight excluding hydrogens is 418 g/mol. The lowest BCUT2D eigenvalue weighted by Crippen LogP contribution is -2.31. The molecule has 1 aliphatic rings. The summed E-state index contributed by atoms with van der Waals surface area (Å²) in [5.41, 5.74) is 12.0. The molecule has 0 amide bonds. The van der Waals surface area contributed by atoms with Gasteiger partial charge in [-0.1, -0.05) is 24.3 Å². The number of nitrogens with zero attached hydrogens (tertiary/aromatic N) is 6. The van der Waals surface area contributed by atoms with Crippen LogP contribution < -0.4 is 5.73 Å². The highest BCUT2D eigenvalue weighted by molar-refractivity contribution is 7.22. The first kappa shape index (κ1) is 19.5. The molecule has 5 aromatic rings. The fourth-order valence-corrected chi connectivity index (χ4v) is 5.85. The van der Waals surface area contributed by atoms with E-state index in [9.17, 15) is 0 Å². The summed E-state index contributed by atoms with van der Waals surface area (Å²) in [5, 5.41) is 5.38. The number of hydrogen-bond donors (Lipinski definition) is 1. The predicted octanol–water partition coefficient (Wildman–Crippen LogP) is 3.94. The fourth-order valence-electron chi connectivity index (χ4n) is 4.73. The molecule has 0 spiro atoms. The van der Waals surface area contributed by atoms with Crippen LogP contribution in [0.3, 0.4) is 0 Å². The lowest BCUT2D eigenvalue weighted by molar-refractivity contribution is 0.250. The van der Waals surface area contributed by atoms with Gasteiger partial charge >= 0.3 is 0 Å². The van der Waals surface area contributed by atoms with Gasteiger partial charge in [0.25, 0.3) is 0 Å². The standard InChI is InChI=1S/C24H25N7S/c1-29-19(8-4-11-30-13-9-16-6-2-3-7-17(16)15-30)28-21-22(29)23-18(27-24(21)25)14-20(32-23)31-12-5-10-26-31/h2-3,5-7,10,12,14H,4,8-9,11,13,15H2,1H3,(H2,25,27). The van der Waals surface area contributed by atoms with Gasteiger partial charge in [-0.15, -0.1) is 11.3 Å². The molecule has 1 aromatic carbocycles. The molecule has 8 heteroatoms. The Morgan fingerprint density at radius 2 is 2.00 bits per heavy atom. The number of nitrogens with two attached hydrogens (primary N) is 1. The zero-order valence-electron chi connectivity index (χ0n) is 18.0. The van der Waals surface area contributed by atoms with Crippen LogP contribution in [0.1, 0.15) is 23.4 Å². The van der Waals surface area contributed by atoms with Crippen LogP contribution in [0.4, 0.5) is 5.82 Å². The highest BCUT2D eigenvalue weighted by atomic mass is 32.1. The van der Waals surface area contributed by atoms with Crippen molar-refractivity contribution >= 4 is 38.4 Å². The molecule has 5 heterocycles. The van der Waals surface area contributed by atoms with Gasteiger partial charge in [0.2, 0.25) is 0 Å². The zero-order chi connectivity index (χ0) is 21.7. The van der Waals surface area contributed by atoms with Crippen LogP contribution in [-0.2, 0) is 26.4 Å². The number of nitrogen functional groups attached to an aromatic ring is 1. The van der Waals surface area contributed by atoms with E-state index in [4.69, 9.17) is 10.7 Å². The molecule has 1 aliphatic heterocycles. The molecule has 32 heavy (non-hydrogen) atoms. The Hall–Kier alpha value is -3.23. The van der Waals surface area contributed by atoms with Crippen molar-refractivity contribution in [3.05, 3.63) is 65.7 Å². The summed E-state index contributed by atoms with van der Waals surface area (Å²) in [6, 6.07) is 12.8. The quantitative estimate of drug-likeness (QED) is 0.445. The molecule has 6 rings (SSSR count). The van der Waals surface area contributed by atoms with E-state index in [1.165, 1.54) is 11.1 Å². The molecule has 0 saturated carbocycles. The monoisotopic (exact) mass is 443 g/mol. The van der Waals surface area contributed by atoms with Gasteiger partial charge in [0, 0.05) is 45.0 Å². The fraction of sp³-hybridized carbons (Fsp3) is 0.292. The van der Waals surface area contributed by atoms with Crippen LogP contribution in [-0.4, -0.2) is 42.3 Å². The smallest absolute Gasteiger partial charge is 0.152 e.